The van der Waals surface area contributed by atoms with Crippen molar-refractivity contribution in [2.24, 2.45) is 0 Å². The molecule has 0 aliphatic carbocycles. The maximum absolute atomic E-state index is 12.1. The summed E-state index contributed by atoms with van der Waals surface area (Å²) in [5.74, 6) is 0.564. The fourth-order valence-electron chi connectivity index (χ4n) is 2.45. The van der Waals surface area contributed by atoms with Crippen LogP contribution in [-0.2, 0) is 4.79 Å². The lowest BCUT2D eigenvalue weighted by Gasteiger charge is -2.16. The second kappa shape index (κ2) is 5.18. The molecule has 0 bridgehead atoms. The molecule has 20 heavy (non-hydrogen) atoms. The van der Waals surface area contributed by atoms with Gasteiger partial charge < -0.3 is 15.7 Å². The average molecular weight is 275 g/mol. The fraction of sp³-hybridized carbons (Fsp3) is 0.462. The number of β-amino-alcohol motifs (C(OH)–C–C–N with tert-alkyl or cyclic N) is 1. The summed E-state index contributed by atoms with van der Waals surface area (Å²) in [5, 5.41) is 23.5. The van der Waals surface area contributed by atoms with Gasteiger partial charge in [-0.1, -0.05) is 6.07 Å². The third-order valence-corrected chi connectivity index (χ3v) is 3.51. The number of aliphatic hydroxyl groups excluding tert-OH is 1. The normalized spacial score (nSPS) is 23.9. The number of hydrogen-bond donors (Lipinski definition) is 3. The summed E-state index contributed by atoms with van der Waals surface area (Å²) in [6, 6.07) is 5.05. The van der Waals surface area contributed by atoms with Gasteiger partial charge in [0.05, 0.1) is 18.2 Å². The minimum absolute atomic E-state index is 0.123. The molecule has 2 aromatic heterocycles. The van der Waals surface area contributed by atoms with E-state index in [0.29, 0.717) is 18.8 Å². The van der Waals surface area contributed by atoms with Crippen molar-refractivity contribution in [3.05, 3.63) is 30.2 Å². The number of aliphatic hydroxyl groups is 1. The molecule has 2 aromatic rings. The highest BCUT2D eigenvalue weighted by Gasteiger charge is 2.29. The van der Waals surface area contributed by atoms with Crippen LogP contribution in [0.1, 0.15) is 25.2 Å². The van der Waals surface area contributed by atoms with Gasteiger partial charge in [-0.05, 0) is 25.5 Å². The number of amides is 1. The average Bonchev–Trinajstić information content (AvgIpc) is 3.04. The molecule has 3 atom stereocenters. The number of nitrogens with one attached hydrogen (secondary N) is 2. The summed E-state index contributed by atoms with van der Waals surface area (Å²) in [5.41, 5.74) is 0.748. The Bertz CT molecular complexity index is 626. The zero-order chi connectivity index (χ0) is 14.1. The molecule has 0 saturated carbocycles. The number of carbonyl (C=O) groups excluding carboxylic acids is 1. The van der Waals surface area contributed by atoms with Crippen molar-refractivity contribution in [1.29, 1.82) is 0 Å². The van der Waals surface area contributed by atoms with Crippen LogP contribution < -0.4 is 10.6 Å². The van der Waals surface area contributed by atoms with E-state index in [1.807, 2.05) is 35.7 Å². The molecule has 1 fully saturated rings. The predicted octanol–water partition coefficient (Wildman–Crippen LogP) is -0.371. The Labute approximate surface area is 116 Å². The number of fused-ring (bicyclic) bond motifs is 1. The molecule has 3 N–H and O–H groups in total. The molecule has 0 radical (unpaired) electrons. The summed E-state index contributed by atoms with van der Waals surface area (Å²) >= 11 is 0. The molecule has 3 rings (SSSR count). The molecule has 1 amide bonds. The molecule has 1 saturated heterocycles. The van der Waals surface area contributed by atoms with Crippen LogP contribution in [0.3, 0.4) is 0 Å². The van der Waals surface area contributed by atoms with Crippen LogP contribution in [0.15, 0.2) is 24.4 Å². The Kier molecular flexibility index (Phi) is 3.37. The van der Waals surface area contributed by atoms with Crippen LogP contribution in [0.25, 0.3) is 5.65 Å². The van der Waals surface area contributed by atoms with Crippen LogP contribution in [0.5, 0.6) is 0 Å². The van der Waals surface area contributed by atoms with Crippen molar-refractivity contribution in [3.63, 3.8) is 0 Å². The Hall–Kier alpha value is -1.99. The van der Waals surface area contributed by atoms with Gasteiger partial charge in [0, 0.05) is 12.7 Å². The summed E-state index contributed by atoms with van der Waals surface area (Å²) in [4.78, 5) is 12.1. The number of aromatic nitrogens is 3. The molecular weight excluding hydrogens is 258 g/mol. The van der Waals surface area contributed by atoms with Gasteiger partial charge in [0.2, 0.25) is 5.91 Å². The monoisotopic (exact) mass is 275 g/mol. The number of rotatable bonds is 3. The van der Waals surface area contributed by atoms with Crippen molar-refractivity contribution >= 4 is 11.6 Å². The van der Waals surface area contributed by atoms with Gasteiger partial charge in [0.15, 0.2) is 11.5 Å². The lowest BCUT2D eigenvalue weighted by molar-refractivity contribution is -0.123. The smallest absolute Gasteiger partial charge is 0.237 e. The van der Waals surface area contributed by atoms with Gasteiger partial charge in [0.25, 0.3) is 0 Å². The molecule has 7 heteroatoms. The molecule has 7 nitrogen and oxygen atoms in total. The molecular formula is C13H17N5O2. The topological polar surface area (TPSA) is 91.5 Å². The van der Waals surface area contributed by atoms with E-state index >= 15 is 0 Å². The van der Waals surface area contributed by atoms with E-state index in [2.05, 4.69) is 20.8 Å². The van der Waals surface area contributed by atoms with Crippen molar-refractivity contribution in [3.8, 4) is 0 Å². The molecule has 106 valence electrons. The molecule has 1 aliphatic rings. The summed E-state index contributed by atoms with van der Waals surface area (Å²) in [7, 11) is 0. The van der Waals surface area contributed by atoms with E-state index < -0.39 is 6.10 Å². The minimum Gasteiger partial charge on any atom is -0.392 e. The molecule has 0 aromatic carbocycles. The lowest BCUT2D eigenvalue weighted by atomic mass is 10.2. The van der Waals surface area contributed by atoms with Crippen LogP contribution in [0.2, 0.25) is 0 Å². The maximum atomic E-state index is 12.1. The largest absolute Gasteiger partial charge is 0.392 e. The second-order valence-electron chi connectivity index (χ2n) is 5.07. The quantitative estimate of drug-likeness (QED) is 0.711. The first-order valence-corrected chi connectivity index (χ1v) is 6.66. The first-order valence-electron chi connectivity index (χ1n) is 6.66. The maximum Gasteiger partial charge on any atom is 0.237 e. The lowest BCUT2D eigenvalue weighted by Crippen LogP contribution is -2.41. The Morgan fingerprint density at radius 3 is 3.15 bits per heavy atom. The highest BCUT2D eigenvalue weighted by Crippen LogP contribution is 2.13. The van der Waals surface area contributed by atoms with Crippen LogP contribution in [0.4, 0.5) is 0 Å². The van der Waals surface area contributed by atoms with Gasteiger partial charge in [-0.2, -0.15) is 0 Å². The zero-order valence-corrected chi connectivity index (χ0v) is 11.2. The van der Waals surface area contributed by atoms with Gasteiger partial charge in [0.1, 0.15) is 0 Å². The van der Waals surface area contributed by atoms with E-state index in [1.54, 1.807) is 0 Å². The van der Waals surface area contributed by atoms with Crippen LogP contribution in [0, 0.1) is 0 Å². The van der Waals surface area contributed by atoms with E-state index in [4.69, 9.17) is 0 Å². The fourth-order valence-corrected chi connectivity index (χ4v) is 2.45. The van der Waals surface area contributed by atoms with Crippen molar-refractivity contribution in [1.82, 2.24) is 25.2 Å². The molecule has 3 unspecified atom stereocenters. The van der Waals surface area contributed by atoms with Gasteiger partial charge >= 0.3 is 0 Å². The van der Waals surface area contributed by atoms with Gasteiger partial charge in [-0.25, -0.2) is 0 Å². The summed E-state index contributed by atoms with van der Waals surface area (Å²) in [6.07, 6.45) is 1.86. The zero-order valence-electron chi connectivity index (χ0n) is 11.2. The number of carbonyl (C=O) groups is 1. The molecule has 0 spiro atoms. The van der Waals surface area contributed by atoms with Crippen molar-refractivity contribution in [2.75, 3.05) is 6.54 Å². The summed E-state index contributed by atoms with van der Waals surface area (Å²) in [6.45, 7) is 2.33. The Balaban J connectivity index is 1.73. The first kappa shape index (κ1) is 13.0. The van der Waals surface area contributed by atoms with E-state index in [1.165, 1.54) is 0 Å². The van der Waals surface area contributed by atoms with E-state index in [9.17, 15) is 9.90 Å². The van der Waals surface area contributed by atoms with Crippen LogP contribution in [-0.4, -0.2) is 44.3 Å². The van der Waals surface area contributed by atoms with Gasteiger partial charge in [-0.3, -0.25) is 9.20 Å². The standard InChI is InChI=1S/C13H17N5O2/c1-8(15-13(20)10-6-9(19)7-14-10)12-17-16-11-4-2-3-5-18(11)12/h2-5,8-10,14,19H,6-7H2,1H3,(H,15,20). The SMILES string of the molecule is CC(NC(=O)C1CC(O)CN1)c1nnc2ccccn12. The third kappa shape index (κ3) is 2.37. The summed E-state index contributed by atoms with van der Waals surface area (Å²) < 4.78 is 1.85. The highest BCUT2D eigenvalue weighted by atomic mass is 16.3. The highest BCUT2D eigenvalue weighted by molar-refractivity contribution is 5.82. The van der Waals surface area contributed by atoms with E-state index in [-0.39, 0.29) is 18.0 Å². The van der Waals surface area contributed by atoms with Crippen molar-refractivity contribution in [2.45, 2.75) is 31.5 Å². The number of hydrogen-bond acceptors (Lipinski definition) is 5. The van der Waals surface area contributed by atoms with Crippen molar-refractivity contribution < 1.29 is 9.90 Å². The molecule has 1 aliphatic heterocycles. The number of nitrogens with zero attached hydrogens (tertiary/aromatic N) is 3. The Morgan fingerprint density at radius 1 is 1.55 bits per heavy atom. The number of pyridine rings is 1. The van der Waals surface area contributed by atoms with Gasteiger partial charge in [-0.15, -0.1) is 10.2 Å². The first-order chi connectivity index (χ1) is 9.65. The third-order valence-electron chi connectivity index (χ3n) is 3.51. The predicted molar refractivity (Wildman–Crippen MR) is 72.0 cm³/mol. The minimum atomic E-state index is -0.449. The van der Waals surface area contributed by atoms with Crippen LogP contribution >= 0.6 is 0 Å². The van der Waals surface area contributed by atoms with E-state index in [0.717, 1.165) is 5.65 Å². The Morgan fingerprint density at radius 2 is 2.40 bits per heavy atom. The molecule has 3 heterocycles. The second-order valence-corrected chi connectivity index (χ2v) is 5.07.